The maximum Gasteiger partial charge on any atom is 0.162 e. The van der Waals surface area contributed by atoms with Gasteiger partial charge in [-0.2, -0.15) is 0 Å². The van der Waals surface area contributed by atoms with Crippen molar-refractivity contribution in [2.45, 2.75) is 13.5 Å². The van der Waals surface area contributed by atoms with Crippen molar-refractivity contribution in [3.05, 3.63) is 47.5 Å². The van der Waals surface area contributed by atoms with E-state index in [1.807, 2.05) is 6.92 Å². The summed E-state index contributed by atoms with van der Waals surface area (Å²) in [4.78, 5) is 8.41. The van der Waals surface area contributed by atoms with E-state index in [1.54, 1.807) is 24.3 Å². The van der Waals surface area contributed by atoms with Crippen LogP contribution in [0.4, 0.5) is 4.39 Å². The smallest absolute Gasteiger partial charge is 0.162 e. The Hall–Kier alpha value is -1.81. The van der Waals surface area contributed by atoms with E-state index in [0.29, 0.717) is 23.6 Å². The van der Waals surface area contributed by atoms with Crippen LogP contribution in [0.5, 0.6) is 0 Å². The number of halogens is 1. The Morgan fingerprint density at radius 3 is 2.69 bits per heavy atom. The summed E-state index contributed by atoms with van der Waals surface area (Å²) in [6.45, 7) is 2.16. The molecule has 1 aromatic heterocycles. The van der Waals surface area contributed by atoms with Gasteiger partial charge in [0.2, 0.25) is 0 Å². The first-order valence-corrected chi connectivity index (χ1v) is 5.00. The van der Waals surface area contributed by atoms with Crippen molar-refractivity contribution < 1.29 is 4.39 Å². The topological polar surface area (TPSA) is 51.8 Å². The van der Waals surface area contributed by atoms with Crippen molar-refractivity contribution in [2.75, 3.05) is 0 Å². The van der Waals surface area contributed by atoms with Crippen molar-refractivity contribution in [3.8, 4) is 11.4 Å². The Balaban J connectivity index is 2.56. The van der Waals surface area contributed by atoms with Gasteiger partial charge < -0.3 is 5.73 Å². The summed E-state index contributed by atoms with van der Waals surface area (Å²) in [7, 11) is 0. The summed E-state index contributed by atoms with van der Waals surface area (Å²) < 4.78 is 13.5. The van der Waals surface area contributed by atoms with Gasteiger partial charge in [0.05, 0.1) is 11.3 Å². The van der Waals surface area contributed by atoms with Crippen LogP contribution in [0.25, 0.3) is 11.4 Å². The molecule has 2 aromatic rings. The van der Waals surface area contributed by atoms with Crippen molar-refractivity contribution in [1.82, 2.24) is 9.97 Å². The maximum atomic E-state index is 13.5. The fourth-order valence-corrected chi connectivity index (χ4v) is 1.50. The van der Waals surface area contributed by atoms with Gasteiger partial charge in [0.25, 0.3) is 0 Å². The average Bonchev–Trinajstić information content (AvgIpc) is 2.28. The van der Waals surface area contributed by atoms with Crippen LogP contribution in [0.2, 0.25) is 0 Å². The summed E-state index contributed by atoms with van der Waals surface area (Å²) in [5, 5.41) is 0. The first kappa shape index (κ1) is 10.7. The minimum Gasteiger partial charge on any atom is -0.325 e. The Morgan fingerprint density at radius 1 is 1.25 bits per heavy atom. The summed E-state index contributed by atoms with van der Waals surface area (Å²) in [5.41, 5.74) is 7.42. The number of hydrogen-bond donors (Lipinski definition) is 1. The first-order valence-electron chi connectivity index (χ1n) is 5.00. The van der Waals surface area contributed by atoms with Gasteiger partial charge in [-0.3, -0.25) is 0 Å². The quantitative estimate of drug-likeness (QED) is 0.837. The van der Waals surface area contributed by atoms with E-state index >= 15 is 0 Å². The zero-order valence-corrected chi connectivity index (χ0v) is 8.94. The SMILES string of the molecule is Cc1cc(CN)nc(-c2ccccc2F)n1. The molecule has 0 saturated carbocycles. The van der Waals surface area contributed by atoms with Crippen LogP contribution in [0.1, 0.15) is 11.4 Å². The molecule has 1 heterocycles. The predicted octanol–water partition coefficient (Wildman–Crippen LogP) is 2.05. The highest BCUT2D eigenvalue weighted by atomic mass is 19.1. The van der Waals surface area contributed by atoms with Gasteiger partial charge in [-0.05, 0) is 25.1 Å². The van der Waals surface area contributed by atoms with Crippen molar-refractivity contribution >= 4 is 0 Å². The molecule has 0 atom stereocenters. The number of nitrogens with zero attached hydrogens (tertiary/aromatic N) is 2. The lowest BCUT2D eigenvalue weighted by atomic mass is 10.2. The predicted molar refractivity (Wildman–Crippen MR) is 60.1 cm³/mol. The van der Waals surface area contributed by atoms with Crippen molar-refractivity contribution in [3.63, 3.8) is 0 Å². The van der Waals surface area contributed by atoms with Crippen LogP contribution in [-0.4, -0.2) is 9.97 Å². The lowest BCUT2D eigenvalue weighted by Crippen LogP contribution is -2.04. The Bertz CT molecular complexity index is 511. The first-order chi connectivity index (χ1) is 7.70. The van der Waals surface area contributed by atoms with Gasteiger partial charge in [0.15, 0.2) is 5.82 Å². The molecule has 0 fully saturated rings. The minimum absolute atomic E-state index is 0.323. The molecular weight excluding hydrogens is 205 g/mol. The third-order valence-corrected chi connectivity index (χ3v) is 2.23. The van der Waals surface area contributed by atoms with Gasteiger partial charge in [-0.1, -0.05) is 12.1 Å². The van der Waals surface area contributed by atoms with Crippen molar-refractivity contribution in [2.24, 2.45) is 5.73 Å². The third-order valence-electron chi connectivity index (χ3n) is 2.23. The fraction of sp³-hybridized carbons (Fsp3) is 0.167. The average molecular weight is 217 g/mol. The van der Waals surface area contributed by atoms with E-state index in [4.69, 9.17) is 5.73 Å². The normalized spacial score (nSPS) is 10.4. The standard InChI is InChI=1S/C12H12FN3/c1-8-6-9(7-14)16-12(15-8)10-4-2-3-5-11(10)13/h2-6H,7,14H2,1H3. The monoisotopic (exact) mass is 217 g/mol. The van der Waals surface area contributed by atoms with Gasteiger partial charge in [0, 0.05) is 12.2 Å². The molecule has 3 nitrogen and oxygen atoms in total. The summed E-state index contributed by atoms with van der Waals surface area (Å²) in [6.07, 6.45) is 0. The molecule has 0 aliphatic heterocycles. The molecule has 0 saturated heterocycles. The summed E-state index contributed by atoms with van der Waals surface area (Å²) >= 11 is 0. The van der Waals surface area contributed by atoms with E-state index in [-0.39, 0.29) is 5.82 Å². The molecule has 4 heteroatoms. The third kappa shape index (κ3) is 2.06. The second kappa shape index (κ2) is 4.37. The Morgan fingerprint density at radius 2 is 2.00 bits per heavy atom. The summed E-state index contributed by atoms with van der Waals surface area (Å²) in [6, 6.07) is 8.24. The number of hydrogen-bond acceptors (Lipinski definition) is 3. The number of benzene rings is 1. The molecule has 0 unspecified atom stereocenters. The fourth-order valence-electron chi connectivity index (χ4n) is 1.50. The number of aromatic nitrogens is 2. The number of nitrogens with two attached hydrogens (primary N) is 1. The highest BCUT2D eigenvalue weighted by molar-refractivity contribution is 5.55. The largest absolute Gasteiger partial charge is 0.325 e. The van der Waals surface area contributed by atoms with Crippen molar-refractivity contribution in [1.29, 1.82) is 0 Å². The van der Waals surface area contributed by atoms with E-state index in [2.05, 4.69) is 9.97 Å². The second-order valence-corrected chi connectivity index (χ2v) is 3.51. The minimum atomic E-state index is -0.323. The van der Waals surface area contributed by atoms with Crippen LogP contribution in [0.15, 0.2) is 30.3 Å². The van der Waals surface area contributed by atoms with E-state index in [1.165, 1.54) is 6.07 Å². The molecule has 0 amide bonds. The lowest BCUT2D eigenvalue weighted by Gasteiger charge is -2.05. The molecule has 0 aliphatic carbocycles. The molecule has 16 heavy (non-hydrogen) atoms. The molecule has 0 spiro atoms. The zero-order chi connectivity index (χ0) is 11.5. The van der Waals surface area contributed by atoms with Gasteiger partial charge in [-0.15, -0.1) is 0 Å². The van der Waals surface area contributed by atoms with Crippen LogP contribution in [0, 0.1) is 12.7 Å². The second-order valence-electron chi connectivity index (χ2n) is 3.51. The zero-order valence-electron chi connectivity index (χ0n) is 8.94. The maximum absolute atomic E-state index is 13.5. The molecule has 2 N–H and O–H groups in total. The van der Waals surface area contributed by atoms with Gasteiger partial charge >= 0.3 is 0 Å². The molecule has 0 aliphatic rings. The van der Waals surface area contributed by atoms with Gasteiger partial charge in [0.1, 0.15) is 5.82 Å². The molecular formula is C12H12FN3. The molecule has 0 radical (unpaired) electrons. The van der Waals surface area contributed by atoms with Crippen LogP contribution in [-0.2, 0) is 6.54 Å². The van der Waals surface area contributed by atoms with E-state index in [9.17, 15) is 4.39 Å². The Kier molecular flexibility index (Phi) is 2.92. The van der Waals surface area contributed by atoms with E-state index < -0.39 is 0 Å². The summed E-state index contributed by atoms with van der Waals surface area (Å²) in [5.74, 6) is 0.0645. The number of aryl methyl sites for hydroxylation is 1. The highest BCUT2D eigenvalue weighted by Crippen LogP contribution is 2.19. The van der Waals surface area contributed by atoms with Gasteiger partial charge in [-0.25, -0.2) is 14.4 Å². The van der Waals surface area contributed by atoms with Crippen LogP contribution in [0.3, 0.4) is 0 Å². The lowest BCUT2D eigenvalue weighted by molar-refractivity contribution is 0.629. The highest BCUT2D eigenvalue weighted by Gasteiger charge is 2.08. The van der Waals surface area contributed by atoms with Crippen LogP contribution < -0.4 is 5.73 Å². The molecule has 2 rings (SSSR count). The molecule has 0 bridgehead atoms. The van der Waals surface area contributed by atoms with E-state index in [0.717, 1.165) is 5.69 Å². The van der Waals surface area contributed by atoms with Crippen LogP contribution >= 0.6 is 0 Å². The number of rotatable bonds is 2. The molecule has 1 aromatic carbocycles. The Labute approximate surface area is 93.2 Å². The molecule has 82 valence electrons.